The number of aliphatic hydroxyl groups excluding tert-OH is 1. The summed E-state index contributed by atoms with van der Waals surface area (Å²) in [6.07, 6.45) is -2.23. The molecule has 1 aromatic rings. The SMILES string of the molecule is CCOC(=O)C(F)(F)[C@H](O)COCc1ccccc1. The molecule has 1 atom stereocenters. The van der Waals surface area contributed by atoms with E-state index < -0.39 is 24.6 Å². The molecule has 0 aromatic heterocycles. The predicted octanol–water partition coefficient (Wildman–Crippen LogP) is 1.76. The molecule has 1 N–H and O–H groups in total. The summed E-state index contributed by atoms with van der Waals surface area (Å²) >= 11 is 0. The zero-order chi connectivity index (χ0) is 14.3. The van der Waals surface area contributed by atoms with Crippen LogP contribution < -0.4 is 0 Å². The zero-order valence-corrected chi connectivity index (χ0v) is 10.5. The Kier molecular flexibility index (Phi) is 5.85. The molecule has 0 spiro atoms. The van der Waals surface area contributed by atoms with Crippen LogP contribution in [0.5, 0.6) is 0 Å². The number of carbonyl (C=O) groups excluding carboxylic acids is 1. The maximum Gasteiger partial charge on any atom is 0.379 e. The summed E-state index contributed by atoms with van der Waals surface area (Å²) in [7, 11) is 0. The number of rotatable bonds is 7. The van der Waals surface area contributed by atoms with E-state index in [-0.39, 0.29) is 13.2 Å². The summed E-state index contributed by atoms with van der Waals surface area (Å²) in [5.74, 6) is -5.71. The molecule has 0 saturated carbocycles. The van der Waals surface area contributed by atoms with Crippen molar-refractivity contribution in [2.24, 2.45) is 0 Å². The first-order valence-electron chi connectivity index (χ1n) is 5.83. The third-order valence-electron chi connectivity index (χ3n) is 2.35. The Balaban J connectivity index is 2.42. The quantitative estimate of drug-likeness (QED) is 0.770. The number of hydrogen-bond donors (Lipinski definition) is 1. The van der Waals surface area contributed by atoms with E-state index in [2.05, 4.69) is 4.74 Å². The molecule has 0 fully saturated rings. The highest BCUT2D eigenvalue weighted by Gasteiger charge is 2.48. The van der Waals surface area contributed by atoms with Crippen LogP contribution in [0.15, 0.2) is 30.3 Å². The summed E-state index contributed by atoms with van der Waals surface area (Å²) in [6.45, 7) is 0.662. The van der Waals surface area contributed by atoms with Crippen molar-refractivity contribution in [3.63, 3.8) is 0 Å². The molecule has 4 nitrogen and oxygen atoms in total. The number of esters is 1. The summed E-state index contributed by atoms with van der Waals surface area (Å²) in [6, 6.07) is 8.89. The lowest BCUT2D eigenvalue weighted by Gasteiger charge is -2.20. The highest BCUT2D eigenvalue weighted by Crippen LogP contribution is 2.21. The molecular weight excluding hydrogens is 258 g/mol. The Morgan fingerprint density at radius 3 is 2.58 bits per heavy atom. The molecule has 19 heavy (non-hydrogen) atoms. The van der Waals surface area contributed by atoms with Gasteiger partial charge in [0, 0.05) is 0 Å². The van der Waals surface area contributed by atoms with Crippen molar-refractivity contribution in [2.45, 2.75) is 25.6 Å². The topological polar surface area (TPSA) is 55.8 Å². The highest BCUT2D eigenvalue weighted by atomic mass is 19.3. The van der Waals surface area contributed by atoms with Gasteiger partial charge < -0.3 is 14.6 Å². The summed E-state index contributed by atoms with van der Waals surface area (Å²) in [4.78, 5) is 11.0. The summed E-state index contributed by atoms with van der Waals surface area (Å²) in [5.41, 5.74) is 0.786. The third-order valence-corrected chi connectivity index (χ3v) is 2.35. The van der Waals surface area contributed by atoms with E-state index in [1.54, 1.807) is 24.3 Å². The summed E-state index contributed by atoms with van der Waals surface area (Å²) < 4.78 is 35.8. The van der Waals surface area contributed by atoms with Crippen LogP contribution in [0, 0.1) is 0 Å². The van der Waals surface area contributed by atoms with Gasteiger partial charge >= 0.3 is 11.9 Å². The second kappa shape index (κ2) is 7.16. The van der Waals surface area contributed by atoms with E-state index in [0.29, 0.717) is 0 Å². The van der Waals surface area contributed by atoms with Crippen molar-refractivity contribution in [2.75, 3.05) is 13.2 Å². The molecule has 0 saturated heterocycles. The van der Waals surface area contributed by atoms with E-state index in [1.165, 1.54) is 6.92 Å². The Morgan fingerprint density at radius 2 is 2.00 bits per heavy atom. The van der Waals surface area contributed by atoms with Gasteiger partial charge in [0.25, 0.3) is 0 Å². The van der Waals surface area contributed by atoms with Gasteiger partial charge in [-0.15, -0.1) is 0 Å². The smallest absolute Gasteiger partial charge is 0.379 e. The molecule has 0 unspecified atom stereocenters. The monoisotopic (exact) mass is 274 g/mol. The van der Waals surface area contributed by atoms with Gasteiger partial charge in [0.15, 0.2) is 6.10 Å². The van der Waals surface area contributed by atoms with E-state index >= 15 is 0 Å². The molecule has 6 heteroatoms. The molecule has 0 amide bonds. The molecule has 0 bridgehead atoms. The number of hydrogen-bond acceptors (Lipinski definition) is 4. The second-order valence-corrected chi connectivity index (χ2v) is 3.86. The fourth-order valence-corrected chi connectivity index (χ4v) is 1.33. The van der Waals surface area contributed by atoms with Crippen molar-refractivity contribution < 1.29 is 28.2 Å². The van der Waals surface area contributed by atoms with Crippen molar-refractivity contribution in [3.05, 3.63) is 35.9 Å². The van der Waals surface area contributed by atoms with Crippen LogP contribution in [0.25, 0.3) is 0 Å². The first-order valence-corrected chi connectivity index (χ1v) is 5.83. The molecule has 0 radical (unpaired) electrons. The van der Waals surface area contributed by atoms with Crippen LogP contribution in [-0.4, -0.2) is 36.3 Å². The standard InChI is InChI=1S/C13H16F2O4/c1-2-19-12(17)13(14,15)11(16)9-18-8-10-6-4-3-5-7-10/h3-7,11,16H,2,8-9H2,1H3/t11-/m1/s1. The lowest BCUT2D eigenvalue weighted by Crippen LogP contribution is -2.45. The number of ether oxygens (including phenoxy) is 2. The minimum absolute atomic E-state index is 0.0802. The van der Waals surface area contributed by atoms with Crippen molar-refractivity contribution in [1.29, 1.82) is 0 Å². The van der Waals surface area contributed by atoms with E-state index in [4.69, 9.17) is 4.74 Å². The van der Waals surface area contributed by atoms with Gasteiger partial charge in [-0.25, -0.2) is 4.79 Å². The minimum Gasteiger partial charge on any atom is -0.461 e. The molecule has 106 valence electrons. The van der Waals surface area contributed by atoms with Gasteiger partial charge in [0.1, 0.15) is 0 Å². The number of halogens is 2. The minimum atomic E-state index is -3.97. The van der Waals surface area contributed by atoms with Crippen LogP contribution >= 0.6 is 0 Å². The first kappa shape index (κ1) is 15.5. The van der Waals surface area contributed by atoms with Gasteiger partial charge in [-0.1, -0.05) is 30.3 Å². The van der Waals surface area contributed by atoms with Gasteiger partial charge in [-0.05, 0) is 12.5 Å². The zero-order valence-electron chi connectivity index (χ0n) is 10.5. The number of carbonyl (C=O) groups is 1. The highest BCUT2D eigenvalue weighted by molar-refractivity contribution is 5.78. The van der Waals surface area contributed by atoms with Crippen molar-refractivity contribution in [1.82, 2.24) is 0 Å². The Labute approximate surface area is 109 Å². The largest absolute Gasteiger partial charge is 0.461 e. The molecule has 1 aromatic carbocycles. The Morgan fingerprint density at radius 1 is 1.37 bits per heavy atom. The molecule has 1 rings (SSSR count). The lowest BCUT2D eigenvalue weighted by molar-refractivity contribution is -0.194. The van der Waals surface area contributed by atoms with E-state index in [0.717, 1.165) is 5.56 Å². The molecule has 0 aliphatic heterocycles. The van der Waals surface area contributed by atoms with Gasteiger partial charge in [0.2, 0.25) is 0 Å². The van der Waals surface area contributed by atoms with Gasteiger partial charge in [-0.2, -0.15) is 8.78 Å². The molecular formula is C13H16F2O4. The number of alkyl halides is 2. The Hall–Kier alpha value is -1.53. The number of benzene rings is 1. The third kappa shape index (κ3) is 4.57. The summed E-state index contributed by atoms with van der Waals surface area (Å²) in [5, 5.41) is 9.28. The van der Waals surface area contributed by atoms with E-state index in [1.807, 2.05) is 6.07 Å². The molecule has 0 heterocycles. The van der Waals surface area contributed by atoms with Crippen molar-refractivity contribution >= 4 is 5.97 Å². The Bertz CT molecular complexity index is 395. The molecule has 0 aliphatic carbocycles. The maximum absolute atomic E-state index is 13.3. The van der Waals surface area contributed by atoms with Gasteiger partial charge in [0.05, 0.1) is 19.8 Å². The maximum atomic E-state index is 13.3. The average Bonchev–Trinajstić information content (AvgIpc) is 2.40. The lowest BCUT2D eigenvalue weighted by atomic mass is 10.2. The predicted molar refractivity (Wildman–Crippen MR) is 63.7 cm³/mol. The number of aliphatic hydroxyl groups is 1. The second-order valence-electron chi connectivity index (χ2n) is 3.86. The molecule has 0 aliphatic rings. The van der Waals surface area contributed by atoms with Crippen molar-refractivity contribution in [3.8, 4) is 0 Å². The average molecular weight is 274 g/mol. The fraction of sp³-hybridized carbons (Fsp3) is 0.462. The van der Waals surface area contributed by atoms with Gasteiger partial charge in [-0.3, -0.25) is 0 Å². The normalized spacial score (nSPS) is 13.1. The van der Waals surface area contributed by atoms with Crippen LogP contribution in [0.4, 0.5) is 8.78 Å². The van der Waals surface area contributed by atoms with Crippen LogP contribution in [-0.2, 0) is 20.9 Å². The van der Waals surface area contributed by atoms with Crippen LogP contribution in [0.2, 0.25) is 0 Å². The first-order chi connectivity index (χ1) is 8.98. The fourth-order valence-electron chi connectivity index (χ4n) is 1.33. The van der Waals surface area contributed by atoms with Crippen LogP contribution in [0.1, 0.15) is 12.5 Å². The van der Waals surface area contributed by atoms with E-state index in [9.17, 15) is 18.7 Å². The van der Waals surface area contributed by atoms with Crippen LogP contribution in [0.3, 0.4) is 0 Å².